The van der Waals surface area contributed by atoms with E-state index < -0.39 is 6.04 Å². The molecule has 22 heavy (non-hydrogen) atoms. The summed E-state index contributed by atoms with van der Waals surface area (Å²) in [5.41, 5.74) is 0.818. The SMILES string of the molecule is C[C@H](C(=O)NC[C@@H](c1cccc(F)c1)N(C)C)n1cncn1. The Morgan fingerprint density at radius 1 is 1.45 bits per heavy atom. The van der Waals surface area contributed by atoms with Gasteiger partial charge in [0, 0.05) is 6.54 Å². The van der Waals surface area contributed by atoms with Gasteiger partial charge in [-0.25, -0.2) is 14.1 Å². The highest BCUT2D eigenvalue weighted by Gasteiger charge is 2.19. The largest absolute Gasteiger partial charge is 0.352 e. The average Bonchev–Trinajstić information content (AvgIpc) is 3.00. The molecule has 6 nitrogen and oxygen atoms in total. The van der Waals surface area contributed by atoms with Crippen LogP contribution in [-0.4, -0.2) is 46.2 Å². The van der Waals surface area contributed by atoms with Gasteiger partial charge in [-0.1, -0.05) is 12.1 Å². The number of carbonyl (C=O) groups is 1. The first-order valence-corrected chi connectivity index (χ1v) is 7.02. The number of nitrogens with one attached hydrogen (secondary N) is 1. The smallest absolute Gasteiger partial charge is 0.244 e. The van der Waals surface area contributed by atoms with E-state index in [2.05, 4.69) is 15.4 Å². The first-order valence-electron chi connectivity index (χ1n) is 7.02. The van der Waals surface area contributed by atoms with Crippen molar-refractivity contribution in [2.24, 2.45) is 0 Å². The second-order valence-corrected chi connectivity index (χ2v) is 5.33. The molecule has 1 N–H and O–H groups in total. The van der Waals surface area contributed by atoms with E-state index in [-0.39, 0.29) is 17.8 Å². The van der Waals surface area contributed by atoms with Gasteiger partial charge in [0.25, 0.3) is 0 Å². The minimum atomic E-state index is -0.446. The van der Waals surface area contributed by atoms with Gasteiger partial charge >= 0.3 is 0 Å². The number of aromatic nitrogens is 3. The summed E-state index contributed by atoms with van der Waals surface area (Å²) < 4.78 is 14.9. The first-order chi connectivity index (χ1) is 10.5. The summed E-state index contributed by atoms with van der Waals surface area (Å²) in [5.74, 6) is -0.444. The first kappa shape index (κ1) is 16.1. The molecule has 0 aliphatic carbocycles. The quantitative estimate of drug-likeness (QED) is 0.876. The summed E-state index contributed by atoms with van der Waals surface area (Å²) in [5, 5.41) is 6.83. The van der Waals surface area contributed by atoms with Crippen LogP contribution in [0.2, 0.25) is 0 Å². The van der Waals surface area contributed by atoms with Gasteiger partial charge in [-0.3, -0.25) is 4.79 Å². The Bertz CT molecular complexity index is 614. The molecule has 0 spiro atoms. The van der Waals surface area contributed by atoms with Gasteiger partial charge in [0.05, 0.1) is 6.04 Å². The van der Waals surface area contributed by atoms with Crippen molar-refractivity contribution < 1.29 is 9.18 Å². The van der Waals surface area contributed by atoms with E-state index >= 15 is 0 Å². The van der Waals surface area contributed by atoms with Crippen molar-refractivity contribution in [3.63, 3.8) is 0 Å². The summed E-state index contributed by atoms with van der Waals surface area (Å²) in [6, 6.07) is 5.85. The van der Waals surface area contributed by atoms with Crippen molar-refractivity contribution in [3.8, 4) is 0 Å². The van der Waals surface area contributed by atoms with Crippen molar-refractivity contribution in [2.45, 2.75) is 19.0 Å². The molecule has 0 bridgehead atoms. The standard InChI is InChI=1S/C15H20FN5O/c1-11(21-10-17-9-19-21)15(22)18-8-14(20(2)3)12-5-4-6-13(16)7-12/h4-7,9-11,14H,8H2,1-3H3,(H,18,22)/t11-,14+/m1/s1. The zero-order chi connectivity index (χ0) is 16.1. The summed E-state index contributed by atoms with van der Waals surface area (Å²) in [7, 11) is 3.78. The third-order valence-electron chi connectivity index (χ3n) is 3.54. The lowest BCUT2D eigenvalue weighted by atomic mass is 10.1. The number of amides is 1. The Kier molecular flexibility index (Phi) is 5.21. The predicted molar refractivity (Wildman–Crippen MR) is 80.6 cm³/mol. The van der Waals surface area contributed by atoms with Gasteiger partial charge in [-0.2, -0.15) is 5.10 Å². The Hall–Kier alpha value is -2.28. The van der Waals surface area contributed by atoms with Crippen LogP contribution >= 0.6 is 0 Å². The van der Waals surface area contributed by atoms with E-state index in [0.29, 0.717) is 6.54 Å². The highest BCUT2D eigenvalue weighted by atomic mass is 19.1. The molecule has 2 rings (SSSR count). The molecular weight excluding hydrogens is 285 g/mol. The maximum Gasteiger partial charge on any atom is 0.244 e. The van der Waals surface area contributed by atoms with Crippen LogP contribution in [0, 0.1) is 5.82 Å². The highest BCUT2D eigenvalue weighted by Crippen LogP contribution is 2.18. The minimum Gasteiger partial charge on any atom is -0.352 e. The molecule has 0 aliphatic heterocycles. The van der Waals surface area contributed by atoms with Gasteiger partial charge in [0.15, 0.2) is 0 Å². The molecule has 2 aromatic rings. The number of halogens is 1. The zero-order valence-corrected chi connectivity index (χ0v) is 12.9. The van der Waals surface area contributed by atoms with Crippen molar-refractivity contribution >= 4 is 5.91 Å². The number of carbonyl (C=O) groups excluding carboxylic acids is 1. The molecule has 1 aromatic carbocycles. The fraction of sp³-hybridized carbons (Fsp3) is 0.400. The zero-order valence-electron chi connectivity index (χ0n) is 12.9. The van der Waals surface area contributed by atoms with Crippen LogP contribution in [-0.2, 0) is 4.79 Å². The Morgan fingerprint density at radius 3 is 2.82 bits per heavy atom. The fourth-order valence-corrected chi connectivity index (χ4v) is 2.19. The lowest BCUT2D eigenvalue weighted by Gasteiger charge is -2.25. The number of nitrogens with zero attached hydrogens (tertiary/aromatic N) is 4. The van der Waals surface area contributed by atoms with Crippen LogP contribution in [0.3, 0.4) is 0 Å². The normalized spacial score (nSPS) is 13.9. The number of benzene rings is 1. The third kappa shape index (κ3) is 3.88. The van der Waals surface area contributed by atoms with E-state index in [1.807, 2.05) is 25.1 Å². The molecule has 1 aromatic heterocycles. The van der Waals surface area contributed by atoms with Crippen LogP contribution in [0.25, 0.3) is 0 Å². The van der Waals surface area contributed by atoms with E-state index in [0.717, 1.165) is 5.56 Å². The molecule has 1 amide bonds. The minimum absolute atomic E-state index is 0.109. The van der Waals surface area contributed by atoms with E-state index in [9.17, 15) is 9.18 Å². The second-order valence-electron chi connectivity index (χ2n) is 5.33. The summed E-state index contributed by atoms with van der Waals surface area (Å²) in [6.07, 6.45) is 2.89. The van der Waals surface area contributed by atoms with Crippen molar-refractivity contribution in [1.29, 1.82) is 0 Å². The van der Waals surface area contributed by atoms with Crippen LogP contribution in [0.15, 0.2) is 36.9 Å². The Balaban J connectivity index is 2.02. The van der Waals surface area contributed by atoms with Crippen LogP contribution in [0.4, 0.5) is 4.39 Å². The molecule has 1 heterocycles. The van der Waals surface area contributed by atoms with Crippen molar-refractivity contribution in [1.82, 2.24) is 25.0 Å². The third-order valence-corrected chi connectivity index (χ3v) is 3.54. The summed E-state index contributed by atoms with van der Waals surface area (Å²) in [4.78, 5) is 17.9. The molecule has 118 valence electrons. The number of hydrogen-bond acceptors (Lipinski definition) is 4. The van der Waals surface area contributed by atoms with Gasteiger partial charge < -0.3 is 10.2 Å². The van der Waals surface area contributed by atoms with Gasteiger partial charge in [0.2, 0.25) is 5.91 Å². The van der Waals surface area contributed by atoms with Crippen molar-refractivity contribution in [2.75, 3.05) is 20.6 Å². The topological polar surface area (TPSA) is 63.1 Å². The number of hydrogen-bond donors (Lipinski definition) is 1. The fourth-order valence-electron chi connectivity index (χ4n) is 2.19. The molecule has 7 heteroatoms. The summed E-state index contributed by atoms with van der Waals surface area (Å²) in [6.45, 7) is 2.13. The molecule has 0 aliphatic rings. The monoisotopic (exact) mass is 305 g/mol. The van der Waals surface area contributed by atoms with Gasteiger partial charge in [-0.05, 0) is 38.7 Å². The predicted octanol–water partition coefficient (Wildman–Crippen LogP) is 1.40. The average molecular weight is 305 g/mol. The Morgan fingerprint density at radius 2 is 2.23 bits per heavy atom. The Labute approximate surface area is 129 Å². The molecule has 0 saturated carbocycles. The van der Waals surface area contributed by atoms with E-state index in [1.165, 1.54) is 29.5 Å². The molecular formula is C15H20FN5O. The maximum absolute atomic E-state index is 13.4. The van der Waals surface area contributed by atoms with Gasteiger partial charge in [0.1, 0.15) is 24.5 Å². The highest BCUT2D eigenvalue weighted by molar-refractivity contribution is 5.79. The van der Waals surface area contributed by atoms with Gasteiger partial charge in [-0.15, -0.1) is 0 Å². The maximum atomic E-state index is 13.4. The molecule has 0 fully saturated rings. The van der Waals surface area contributed by atoms with Crippen LogP contribution in [0.1, 0.15) is 24.6 Å². The molecule has 0 saturated heterocycles. The number of likely N-dealkylation sites (N-methyl/N-ethyl adjacent to an activating group) is 1. The molecule has 0 radical (unpaired) electrons. The van der Waals surface area contributed by atoms with Crippen LogP contribution < -0.4 is 5.32 Å². The van der Waals surface area contributed by atoms with E-state index in [4.69, 9.17) is 0 Å². The van der Waals surface area contributed by atoms with Crippen LogP contribution in [0.5, 0.6) is 0 Å². The van der Waals surface area contributed by atoms with E-state index in [1.54, 1.807) is 13.0 Å². The van der Waals surface area contributed by atoms with Crippen molar-refractivity contribution in [3.05, 3.63) is 48.3 Å². The lowest BCUT2D eigenvalue weighted by Crippen LogP contribution is -2.38. The second kappa shape index (κ2) is 7.13. The molecule has 2 atom stereocenters. The number of rotatable bonds is 6. The summed E-state index contributed by atoms with van der Waals surface area (Å²) >= 11 is 0. The lowest BCUT2D eigenvalue weighted by molar-refractivity contribution is -0.124. The molecule has 0 unspecified atom stereocenters.